The van der Waals surface area contributed by atoms with Gasteiger partial charge in [0.15, 0.2) is 0 Å². The van der Waals surface area contributed by atoms with Gasteiger partial charge in [0.1, 0.15) is 20.2 Å². The molecule has 0 rings (SSSR count). The summed E-state index contributed by atoms with van der Waals surface area (Å²) in [5, 5.41) is 3.10. The Morgan fingerprint density at radius 3 is 1.01 bits per heavy atom. The van der Waals surface area contributed by atoms with Crippen molar-refractivity contribution in [3.05, 3.63) is 0 Å². The van der Waals surface area contributed by atoms with Gasteiger partial charge < -0.3 is 49.5 Å². The number of likely N-dealkylation sites (N-methyl/N-ethyl adjacent to an activating group) is 1. The van der Waals surface area contributed by atoms with Crippen molar-refractivity contribution >= 4 is 12.8 Å². The van der Waals surface area contributed by atoms with Crippen LogP contribution in [0.15, 0.2) is 0 Å². The molecule has 5 N–H and O–H groups in total. The summed E-state index contributed by atoms with van der Waals surface area (Å²) >= 11 is 0. The second-order valence-electron chi connectivity index (χ2n) is 16.9. The van der Waals surface area contributed by atoms with Crippen LogP contribution in [0.1, 0.15) is 284 Å². The van der Waals surface area contributed by atoms with E-state index in [9.17, 15) is 4.79 Å². The maximum atomic E-state index is 11.7. The van der Waals surface area contributed by atoms with E-state index < -0.39 is 5.41 Å². The molecular formula is C58H135NO10. The third-order valence-corrected chi connectivity index (χ3v) is 10.5. The number of esters is 1. The van der Waals surface area contributed by atoms with Crippen molar-refractivity contribution in [2.75, 3.05) is 80.9 Å². The molecule has 0 aromatic heterocycles. The molecule has 0 aliphatic rings. The molecule has 1 unspecified atom stereocenters. The summed E-state index contributed by atoms with van der Waals surface area (Å²) in [4.78, 5) is 19.7. The first kappa shape index (κ1) is 93.8. The molecule has 0 bridgehead atoms. The predicted octanol–water partition coefficient (Wildman–Crippen LogP) is 16.3. The zero-order chi connectivity index (χ0) is 50.6. The largest absolute Gasteiger partial charge is 0.464 e. The Hall–Kier alpha value is -1.18. The second-order valence-corrected chi connectivity index (χ2v) is 16.9. The van der Waals surface area contributed by atoms with Crippen LogP contribution in [-0.4, -0.2) is 105 Å². The molecule has 0 fully saturated rings. The van der Waals surface area contributed by atoms with E-state index in [0.29, 0.717) is 26.6 Å². The molecule has 432 valence electrons. The second kappa shape index (κ2) is 99.9. The van der Waals surface area contributed by atoms with Crippen LogP contribution >= 0.6 is 0 Å². The van der Waals surface area contributed by atoms with Gasteiger partial charge in [-0.05, 0) is 45.6 Å². The minimum absolute atomic E-state index is 0. The van der Waals surface area contributed by atoms with E-state index >= 15 is 0 Å². The Morgan fingerprint density at radius 1 is 0.435 bits per heavy atom. The first-order valence-electron chi connectivity index (χ1n) is 27.6. The summed E-state index contributed by atoms with van der Waals surface area (Å²) in [6.07, 6.45) is 40.3. The van der Waals surface area contributed by atoms with Gasteiger partial charge in [0.2, 0.25) is 0 Å². The van der Waals surface area contributed by atoms with Crippen molar-refractivity contribution in [1.29, 1.82) is 0 Å². The zero-order valence-electron chi connectivity index (χ0n) is 48.1. The summed E-state index contributed by atoms with van der Waals surface area (Å²) in [5.74, 6) is -0.176. The number of hydrogen-bond donors (Lipinski definition) is 1. The molecule has 0 amide bonds. The molecule has 11 heteroatoms. The molecule has 0 aliphatic heterocycles. The number of carbonyl (C=O) groups excluding carboxylic acids is 2. The summed E-state index contributed by atoms with van der Waals surface area (Å²) in [5.41, 5.74) is -0.513. The summed E-state index contributed by atoms with van der Waals surface area (Å²) in [6, 6.07) is 0. The molecule has 0 saturated heterocycles. The van der Waals surface area contributed by atoms with Gasteiger partial charge in [-0.25, -0.2) is 0 Å². The standard InChI is InChI=1S/C12H26O2.C12H26.C11H23NO3.2C9H20O.C2H6.CH2O.2CH4.2H2O/c1-3-5-6-7-8-9-11-14-12-13-10-4-2;1-3-5-7-9-11-12-10-8-6-4-2;1-5-11(3,9-14-4)10(13)15-8-7-12-6-2;2*1-3-4-5-6-7-8-9-10-2;2*1-2;;;;/h3-12H2,1-2H3;3-12H2,1-2H3;12H,5-9H2,1-4H3;2*3-9H2,1-2H3;1-2H3;1H2;2*1H4;2*1H2. The Bertz CT molecular complexity index is 685. The van der Waals surface area contributed by atoms with Gasteiger partial charge in [0, 0.05) is 54.3 Å². The normalized spacial score (nSPS) is 10.3. The van der Waals surface area contributed by atoms with E-state index in [-0.39, 0.29) is 31.8 Å². The maximum Gasteiger partial charge on any atom is 0.314 e. The van der Waals surface area contributed by atoms with Crippen molar-refractivity contribution in [1.82, 2.24) is 5.32 Å². The van der Waals surface area contributed by atoms with E-state index in [1.54, 1.807) is 21.3 Å². The molecule has 0 spiro atoms. The van der Waals surface area contributed by atoms with Crippen molar-refractivity contribution in [2.24, 2.45) is 5.41 Å². The van der Waals surface area contributed by atoms with Crippen LogP contribution in [0.5, 0.6) is 0 Å². The van der Waals surface area contributed by atoms with Gasteiger partial charge in [-0.2, -0.15) is 0 Å². The number of carbonyl (C=O) groups is 2. The Morgan fingerprint density at radius 2 is 0.739 bits per heavy atom. The van der Waals surface area contributed by atoms with Crippen LogP contribution in [0.2, 0.25) is 0 Å². The Balaban J connectivity index is -0.0000000660. The fraction of sp³-hybridized carbons (Fsp3) is 0.966. The van der Waals surface area contributed by atoms with Gasteiger partial charge >= 0.3 is 5.97 Å². The topological polar surface area (TPSA) is 165 Å². The van der Waals surface area contributed by atoms with Crippen molar-refractivity contribution < 1.29 is 49.0 Å². The summed E-state index contributed by atoms with van der Waals surface area (Å²) in [7, 11) is 5.14. The smallest absolute Gasteiger partial charge is 0.314 e. The van der Waals surface area contributed by atoms with Gasteiger partial charge in [0.05, 0.1) is 12.0 Å². The Kier molecular flexibility index (Phi) is 136. The molecular weight excluding hydrogens is 871 g/mol. The first-order valence-corrected chi connectivity index (χ1v) is 27.6. The molecule has 0 saturated carbocycles. The molecule has 0 aromatic rings. The quantitative estimate of drug-likeness (QED) is 0.0356. The highest BCUT2D eigenvalue weighted by Crippen LogP contribution is 2.23. The van der Waals surface area contributed by atoms with Crippen LogP contribution in [0.25, 0.3) is 0 Å². The van der Waals surface area contributed by atoms with Crippen molar-refractivity contribution in [3.8, 4) is 0 Å². The minimum Gasteiger partial charge on any atom is -0.464 e. The number of hydrogen-bond acceptors (Lipinski definition) is 9. The minimum atomic E-state index is -0.513. The highest BCUT2D eigenvalue weighted by molar-refractivity contribution is 5.76. The number of methoxy groups -OCH3 is 3. The van der Waals surface area contributed by atoms with Crippen molar-refractivity contribution in [2.45, 2.75) is 284 Å². The lowest BCUT2D eigenvalue weighted by Gasteiger charge is -2.24. The molecule has 0 radical (unpaired) electrons. The molecule has 11 nitrogen and oxygen atoms in total. The highest BCUT2D eigenvalue weighted by atomic mass is 16.7. The van der Waals surface area contributed by atoms with Crippen LogP contribution in [0.4, 0.5) is 0 Å². The lowest BCUT2D eigenvalue weighted by Crippen LogP contribution is -2.35. The van der Waals surface area contributed by atoms with Gasteiger partial charge in [-0.1, -0.05) is 245 Å². The Labute approximate surface area is 435 Å². The number of rotatable bonds is 42. The molecule has 69 heavy (non-hydrogen) atoms. The number of ether oxygens (including phenoxy) is 6. The highest BCUT2D eigenvalue weighted by Gasteiger charge is 2.32. The SMILES string of the molecule is C.C.C=O.CC.CCCCCCCCCCCC.CCCCCCCCOC.CCCCCCCCOC.CCCCCCCCOCOCCC.CCNCCOC(=O)C(C)(CC)COC.O.O. The molecule has 1 atom stereocenters. The number of unbranched alkanes of at least 4 members (excludes halogenated alkanes) is 24. The summed E-state index contributed by atoms with van der Waals surface area (Å²) < 4.78 is 30.6. The third-order valence-electron chi connectivity index (χ3n) is 10.5. The predicted molar refractivity (Wildman–Crippen MR) is 307 cm³/mol. The van der Waals surface area contributed by atoms with Crippen LogP contribution in [0.3, 0.4) is 0 Å². The van der Waals surface area contributed by atoms with E-state index in [1.165, 1.54) is 180 Å². The van der Waals surface area contributed by atoms with Crippen LogP contribution < -0.4 is 5.32 Å². The monoisotopic (exact) mass is 1010 g/mol. The fourth-order valence-corrected chi connectivity index (χ4v) is 6.11. The van der Waals surface area contributed by atoms with Crippen LogP contribution in [-0.2, 0) is 38.0 Å². The third kappa shape index (κ3) is 105. The van der Waals surface area contributed by atoms with E-state index in [0.717, 1.165) is 45.8 Å². The fourth-order valence-electron chi connectivity index (χ4n) is 6.11. The zero-order valence-corrected chi connectivity index (χ0v) is 48.1. The lowest BCUT2D eigenvalue weighted by atomic mass is 9.89. The van der Waals surface area contributed by atoms with Gasteiger partial charge in [0.25, 0.3) is 0 Å². The number of nitrogens with one attached hydrogen (secondary N) is 1. The van der Waals surface area contributed by atoms with E-state index in [4.69, 9.17) is 33.2 Å². The van der Waals surface area contributed by atoms with Gasteiger partial charge in [-0.3, -0.25) is 4.79 Å². The van der Waals surface area contributed by atoms with Crippen molar-refractivity contribution in [3.63, 3.8) is 0 Å². The first-order chi connectivity index (χ1) is 31.8. The average Bonchev–Trinajstić information content (AvgIpc) is 3.33. The lowest BCUT2D eigenvalue weighted by molar-refractivity contribution is -0.158. The van der Waals surface area contributed by atoms with Gasteiger partial charge in [-0.15, -0.1) is 0 Å². The molecule has 0 heterocycles. The maximum absolute atomic E-state index is 11.7. The van der Waals surface area contributed by atoms with E-state index in [1.807, 2.05) is 41.4 Å². The van der Waals surface area contributed by atoms with Crippen LogP contribution in [0, 0.1) is 5.41 Å². The average molecular weight is 1010 g/mol. The van der Waals surface area contributed by atoms with E-state index in [2.05, 4.69) is 46.9 Å². The summed E-state index contributed by atoms with van der Waals surface area (Å²) in [6.45, 7) is 31.7. The molecule has 0 aliphatic carbocycles. The molecule has 0 aromatic carbocycles.